The molecule has 21 heavy (non-hydrogen) atoms. The molecule has 0 bridgehead atoms. The van der Waals surface area contributed by atoms with Gasteiger partial charge in [-0.25, -0.2) is 0 Å². The maximum absolute atomic E-state index is 3.52. The fourth-order valence-electron chi connectivity index (χ4n) is 4.31. The van der Waals surface area contributed by atoms with Crippen LogP contribution < -0.4 is 5.32 Å². The van der Waals surface area contributed by atoms with Crippen molar-refractivity contribution in [1.82, 2.24) is 10.2 Å². The van der Waals surface area contributed by atoms with Crippen LogP contribution in [0.1, 0.15) is 49.8 Å². The second kappa shape index (κ2) is 6.93. The Morgan fingerprint density at radius 3 is 2.38 bits per heavy atom. The molecule has 1 saturated heterocycles. The Balaban J connectivity index is 1.59. The van der Waals surface area contributed by atoms with Crippen LogP contribution in [0.2, 0.25) is 0 Å². The van der Waals surface area contributed by atoms with Crippen molar-refractivity contribution in [2.75, 3.05) is 26.7 Å². The molecular formula is C19H30N2. The van der Waals surface area contributed by atoms with Crippen LogP contribution >= 0.6 is 0 Å². The summed E-state index contributed by atoms with van der Waals surface area (Å²) in [5, 5.41) is 3.52. The van der Waals surface area contributed by atoms with E-state index in [1.165, 1.54) is 56.3 Å². The van der Waals surface area contributed by atoms with Gasteiger partial charge in [0.05, 0.1) is 0 Å². The van der Waals surface area contributed by atoms with Crippen molar-refractivity contribution in [1.29, 1.82) is 0 Å². The first-order chi connectivity index (χ1) is 10.3. The van der Waals surface area contributed by atoms with Crippen LogP contribution in [0.4, 0.5) is 0 Å². The summed E-state index contributed by atoms with van der Waals surface area (Å²) in [5.74, 6) is 1.99. The number of aryl methyl sites for hydroxylation is 1. The predicted octanol–water partition coefficient (Wildman–Crippen LogP) is 3.63. The molecule has 1 heterocycles. The SMILES string of the molecule is CCCc1ccc(C(CN2CC3CCCC3C2)NC)cc1. The zero-order valence-electron chi connectivity index (χ0n) is 13.6. The van der Waals surface area contributed by atoms with Gasteiger partial charge in [-0.3, -0.25) is 0 Å². The topological polar surface area (TPSA) is 15.3 Å². The molecule has 3 rings (SSSR count). The smallest absolute Gasteiger partial charge is 0.0446 e. The molecule has 2 fully saturated rings. The average molecular weight is 286 g/mol. The summed E-state index contributed by atoms with van der Waals surface area (Å²) >= 11 is 0. The summed E-state index contributed by atoms with van der Waals surface area (Å²) in [4.78, 5) is 2.69. The van der Waals surface area contributed by atoms with E-state index in [9.17, 15) is 0 Å². The molecule has 0 spiro atoms. The molecule has 1 aliphatic carbocycles. The number of fused-ring (bicyclic) bond motifs is 1. The number of hydrogen-bond donors (Lipinski definition) is 1. The minimum Gasteiger partial charge on any atom is -0.312 e. The number of likely N-dealkylation sites (N-methyl/N-ethyl adjacent to an activating group) is 1. The van der Waals surface area contributed by atoms with E-state index in [0.717, 1.165) is 18.4 Å². The lowest BCUT2D eigenvalue weighted by molar-refractivity contribution is 0.278. The van der Waals surface area contributed by atoms with Crippen LogP contribution in [-0.2, 0) is 6.42 Å². The fourth-order valence-corrected chi connectivity index (χ4v) is 4.31. The minimum atomic E-state index is 0.472. The third kappa shape index (κ3) is 3.49. The molecule has 116 valence electrons. The summed E-state index contributed by atoms with van der Waals surface area (Å²) in [6.07, 6.45) is 6.83. The molecule has 1 aromatic rings. The molecule has 2 heteroatoms. The highest BCUT2D eigenvalue weighted by atomic mass is 15.2. The Hall–Kier alpha value is -0.860. The molecular weight excluding hydrogens is 256 g/mol. The lowest BCUT2D eigenvalue weighted by Crippen LogP contribution is -2.33. The van der Waals surface area contributed by atoms with Gasteiger partial charge in [0.2, 0.25) is 0 Å². The molecule has 2 aliphatic rings. The number of rotatable bonds is 6. The van der Waals surface area contributed by atoms with Gasteiger partial charge in [-0.1, -0.05) is 44.0 Å². The molecule has 2 nitrogen and oxygen atoms in total. The third-order valence-corrected chi connectivity index (χ3v) is 5.51. The Kier molecular flexibility index (Phi) is 4.97. The third-order valence-electron chi connectivity index (χ3n) is 5.51. The number of hydrogen-bond acceptors (Lipinski definition) is 2. The largest absolute Gasteiger partial charge is 0.312 e. The summed E-state index contributed by atoms with van der Waals surface area (Å²) in [5.41, 5.74) is 2.90. The zero-order chi connectivity index (χ0) is 14.7. The lowest BCUT2D eigenvalue weighted by atomic mass is 10.0. The molecule has 1 saturated carbocycles. The van der Waals surface area contributed by atoms with Gasteiger partial charge in [-0.2, -0.15) is 0 Å². The summed E-state index contributed by atoms with van der Waals surface area (Å²) in [7, 11) is 2.10. The number of likely N-dealkylation sites (tertiary alicyclic amines) is 1. The zero-order valence-corrected chi connectivity index (χ0v) is 13.6. The van der Waals surface area contributed by atoms with Gasteiger partial charge in [0, 0.05) is 25.7 Å². The molecule has 1 aromatic carbocycles. The molecule has 0 radical (unpaired) electrons. The van der Waals surface area contributed by atoms with E-state index in [2.05, 4.69) is 48.5 Å². The molecule has 3 atom stereocenters. The van der Waals surface area contributed by atoms with E-state index in [-0.39, 0.29) is 0 Å². The van der Waals surface area contributed by atoms with Crippen LogP contribution in [0.25, 0.3) is 0 Å². The van der Waals surface area contributed by atoms with E-state index in [1.54, 1.807) is 0 Å². The van der Waals surface area contributed by atoms with Crippen LogP contribution in [0.15, 0.2) is 24.3 Å². The van der Waals surface area contributed by atoms with Gasteiger partial charge in [0.1, 0.15) is 0 Å². The molecule has 1 N–H and O–H groups in total. The van der Waals surface area contributed by atoms with Crippen molar-refractivity contribution in [2.45, 2.75) is 45.1 Å². The van der Waals surface area contributed by atoms with E-state index in [1.807, 2.05) is 0 Å². The highest BCUT2D eigenvalue weighted by Crippen LogP contribution is 2.38. The van der Waals surface area contributed by atoms with Crippen molar-refractivity contribution < 1.29 is 0 Å². The van der Waals surface area contributed by atoms with Crippen LogP contribution in [-0.4, -0.2) is 31.6 Å². The second-order valence-electron chi connectivity index (χ2n) is 7.00. The van der Waals surface area contributed by atoms with Crippen LogP contribution in [0, 0.1) is 11.8 Å². The molecule has 0 aromatic heterocycles. The first-order valence-electron chi connectivity index (χ1n) is 8.78. The van der Waals surface area contributed by atoms with Crippen molar-refractivity contribution >= 4 is 0 Å². The van der Waals surface area contributed by atoms with Crippen molar-refractivity contribution in [3.63, 3.8) is 0 Å². The summed E-state index contributed by atoms with van der Waals surface area (Å²) in [6, 6.07) is 9.73. The van der Waals surface area contributed by atoms with Gasteiger partial charge in [0.25, 0.3) is 0 Å². The average Bonchev–Trinajstić information content (AvgIpc) is 3.07. The molecule has 3 unspecified atom stereocenters. The highest BCUT2D eigenvalue weighted by Gasteiger charge is 2.36. The summed E-state index contributed by atoms with van der Waals surface area (Å²) in [6.45, 7) is 6.07. The molecule has 0 amide bonds. The van der Waals surface area contributed by atoms with Gasteiger partial charge >= 0.3 is 0 Å². The maximum Gasteiger partial charge on any atom is 0.0446 e. The Labute approximate surface area is 129 Å². The van der Waals surface area contributed by atoms with Gasteiger partial charge in [0.15, 0.2) is 0 Å². The normalized spacial score (nSPS) is 27.0. The Morgan fingerprint density at radius 1 is 1.14 bits per heavy atom. The number of nitrogens with zero attached hydrogens (tertiary/aromatic N) is 1. The van der Waals surface area contributed by atoms with Gasteiger partial charge < -0.3 is 10.2 Å². The van der Waals surface area contributed by atoms with E-state index < -0.39 is 0 Å². The van der Waals surface area contributed by atoms with E-state index in [0.29, 0.717) is 6.04 Å². The number of benzene rings is 1. The second-order valence-corrected chi connectivity index (χ2v) is 7.00. The maximum atomic E-state index is 3.52. The lowest BCUT2D eigenvalue weighted by Gasteiger charge is -2.24. The minimum absolute atomic E-state index is 0.472. The standard InChI is InChI=1S/C19H30N2/c1-3-5-15-8-10-16(11-9-15)19(20-2)14-21-12-17-6-4-7-18(17)13-21/h8-11,17-20H,3-7,12-14H2,1-2H3. The fraction of sp³-hybridized carbons (Fsp3) is 0.684. The Bertz CT molecular complexity index is 427. The molecule has 1 aliphatic heterocycles. The van der Waals surface area contributed by atoms with Gasteiger partial charge in [-0.05, 0) is 49.3 Å². The quantitative estimate of drug-likeness (QED) is 0.859. The Morgan fingerprint density at radius 2 is 1.81 bits per heavy atom. The van der Waals surface area contributed by atoms with E-state index in [4.69, 9.17) is 0 Å². The van der Waals surface area contributed by atoms with Gasteiger partial charge in [-0.15, -0.1) is 0 Å². The first-order valence-corrected chi connectivity index (χ1v) is 8.78. The van der Waals surface area contributed by atoms with Crippen LogP contribution in [0.3, 0.4) is 0 Å². The summed E-state index contributed by atoms with van der Waals surface area (Å²) < 4.78 is 0. The van der Waals surface area contributed by atoms with E-state index >= 15 is 0 Å². The first kappa shape index (κ1) is 15.1. The number of nitrogens with one attached hydrogen (secondary N) is 1. The predicted molar refractivity (Wildman–Crippen MR) is 89.5 cm³/mol. The van der Waals surface area contributed by atoms with Crippen molar-refractivity contribution in [2.24, 2.45) is 11.8 Å². The monoisotopic (exact) mass is 286 g/mol. The highest BCUT2D eigenvalue weighted by molar-refractivity contribution is 5.25. The van der Waals surface area contributed by atoms with Crippen LogP contribution in [0.5, 0.6) is 0 Å². The van der Waals surface area contributed by atoms with Crippen molar-refractivity contribution in [3.05, 3.63) is 35.4 Å². The van der Waals surface area contributed by atoms with Crippen molar-refractivity contribution in [3.8, 4) is 0 Å².